The first-order valence-electron chi connectivity index (χ1n) is 7.25. The number of hydrogen-bond donors (Lipinski definition) is 0. The topological polar surface area (TPSA) is 91.4 Å². The molecule has 24 heavy (non-hydrogen) atoms. The van der Waals surface area contributed by atoms with Gasteiger partial charge in [0.15, 0.2) is 5.76 Å². The molecule has 0 saturated carbocycles. The van der Waals surface area contributed by atoms with Crippen molar-refractivity contribution in [2.24, 2.45) is 0 Å². The molecule has 3 heterocycles. The Bertz CT molecular complexity index is 1130. The number of aryl methyl sites for hydroxylation is 1. The highest BCUT2D eigenvalue weighted by Gasteiger charge is 2.14. The van der Waals surface area contributed by atoms with Crippen molar-refractivity contribution in [3.8, 4) is 11.7 Å². The van der Waals surface area contributed by atoms with Crippen LogP contribution >= 0.6 is 0 Å². The van der Waals surface area contributed by atoms with Gasteiger partial charge in [0.1, 0.15) is 5.58 Å². The van der Waals surface area contributed by atoms with Crippen LogP contribution in [0.2, 0.25) is 0 Å². The van der Waals surface area contributed by atoms with Crippen molar-refractivity contribution >= 4 is 11.0 Å². The molecular weight excluding hydrogens is 312 g/mol. The summed E-state index contributed by atoms with van der Waals surface area (Å²) in [5.74, 6) is -0.179. The molecule has 0 unspecified atom stereocenters. The van der Waals surface area contributed by atoms with Gasteiger partial charge in [0.25, 0.3) is 5.89 Å². The van der Waals surface area contributed by atoms with Crippen LogP contribution in [0.1, 0.15) is 11.1 Å². The highest BCUT2D eigenvalue weighted by atomic mass is 16.4. The SMILES string of the molecule is Cc1ccc2c(Cn3nc(-c4ccco4)oc3=O)cc(=O)oc2c1. The molecule has 0 atom stereocenters. The van der Waals surface area contributed by atoms with E-state index in [0.29, 0.717) is 16.9 Å². The minimum absolute atomic E-state index is 0.0908. The molecule has 4 rings (SSSR count). The van der Waals surface area contributed by atoms with Crippen LogP contribution in [-0.4, -0.2) is 9.78 Å². The molecule has 0 amide bonds. The fourth-order valence-electron chi connectivity index (χ4n) is 2.54. The standard InChI is InChI=1S/C17H12N2O5/c1-10-4-5-12-11(8-15(20)23-14(12)7-10)9-19-17(21)24-16(18-19)13-3-2-6-22-13/h2-8H,9H2,1H3. The summed E-state index contributed by atoms with van der Waals surface area (Å²) in [5, 5.41) is 4.86. The van der Waals surface area contributed by atoms with Crippen LogP contribution in [-0.2, 0) is 6.54 Å². The first-order valence-corrected chi connectivity index (χ1v) is 7.25. The summed E-state index contributed by atoms with van der Waals surface area (Å²) in [7, 11) is 0. The van der Waals surface area contributed by atoms with Crippen molar-refractivity contribution in [2.45, 2.75) is 13.5 Å². The van der Waals surface area contributed by atoms with E-state index in [1.54, 1.807) is 18.2 Å². The minimum atomic E-state index is -0.630. The third-order valence-corrected chi connectivity index (χ3v) is 3.64. The van der Waals surface area contributed by atoms with Crippen molar-refractivity contribution in [3.05, 3.63) is 74.8 Å². The lowest BCUT2D eigenvalue weighted by Gasteiger charge is -2.05. The van der Waals surface area contributed by atoms with Gasteiger partial charge in [-0.2, -0.15) is 4.68 Å². The average Bonchev–Trinajstić information content (AvgIpc) is 3.17. The van der Waals surface area contributed by atoms with Crippen molar-refractivity contribution in [1.82, 2.24) is 9.78 Å². The number of hydrogen-bond acceptors (Lipinski definition) is 6. The smallest absolute Gasteiger partial charge is 0.437 e. The van der Waals surface area contributed by atoms with E-state index < -0.39 is 11.4 Å². The molecule has 120 valence electrons. The third-order valence-electron chi connectivity index (χ3n) is 3.64. The lowest BCUT2D eigenvalue weighted by molar-refractivity contribution is 0.476. The summed E-state index contributed by atoms with van der Waals surface area (Å²) in [6.45, 7) is 2.00. The van der Waals surface area contributed by atoms with Crippen molar-refractivity contribution < 1.29 is 13.3 Å². The summed E-state index contributed by atoms with van der Waals surface area (Å²) in [6, 6.07) is 10.2. The molecule has 0 aliphatic rings. The first-order chi connectivity index (χ1) is 11.6. The predicted octanol–water partition coefficient (Wildman–Crippen LogP) is 2.56. The van der Waals surface area contributed by atoms with Crippen molar-refractivity contribution in [1.29, 1.82) is 0 Å². The monoisotopic (exact) mass is 324 g/mol. The van der Waals surface area contributed by atoms with E-state index in [0.717, 1.165) is 15.6 Å². The van der Waals surface area contributed by atoms with Crippen molar-refractivity contribution in [3.63, 3.8) is 0 Å². The first kappa shape index (κ1) is 14.3. The number of fused-ring (bicyclic) bond motifs is 1. The Labute approximate surface area is 134 Å². The maximum absolute atomic E-state index is 12.0. The average molecular weight is 324 g/mol. The highest BCUT2D eigenvalue weighted by Crippen LogP contribution is 2.20. The number of aromatic nitrogens is 2. The molecule has 0 aliphatic heterocycles. The lowest BCUT2D eigenvalue weighted by Crippen LogP contribution is -2.17. The molecule has 7 nitrogen and oxygen atoms in total. The van der Waals surface area contributed by atoms with E-state index in [1.807, 2.05) is 19.1 Å². The summed E-state index contributed by atoms with van der Waals surface area (Å²) < 4.78 is 16.6. The van der Waals surface area contributed by atoms with E-state index in [-0.39, 0.29) is 12.4 Å². The van der Waals surface area contributed by atoms with Gasteiger partial charge in [-0.05, 0) is 36.2 Å². The van der Waals surface area contributed by atoms with Gasteiger partial charge in [-0.15, -0.1) is 5.10 Å². The zero-order chi connectivity index (χ0) is 16.7. The van der Waals surface area contributed by atoms with Gasteiger partial charge in [0.2, 0.25) is 0 Å². The number of benzene rings is 1. The Balaban J connectivity index is 1.80. The van der Waals surface area contributed by atoms with Crippen LogP contribution in [0.4, 0.5) is 0 Å². The molecule has 0 saturated heterocycles. The molecule has 7 heteroatoms. The quantitative estimate of drug-likeness (QED) is 0.538. The molecule has 3 aromatic heterocycles. The van der Waals surface area contributed by atoms with Crippen LogP contribution in [0.5, 0.6) is 0 Å². The molecule has 0 radical (unpaired) electrons. The fraction of sp³-hybridized carbons (Fsp3) is 0.118. The third kappa shape index (κ3) is 2.45. The highest BCUT2D eigenvalue weighted by molar-refractivity contribution is 5.80. The number of nitrogens with zero attached hydrogens (tertiary/aromatic N) is 2. The van der Waals surface area contributed by atoms with Crippen LogP contribution in [0, 0.1) is 6.92 Å². The second kappa shape index (κ2) is 5.38. The summed E-state index contributed by atoms with van der Waals surface area (Å²) in [6.07, 6.45) is 1.46. The van der Waals surface area contributed by atoms with Gasteiger partial charge in [-0.25, -0.2) is 9.59 Å². The molecule has 0 aliphatic carbocycles. The maximum Gasteiger partial charge on any atom is 0.437 e. The van der Waals surface area contributed by atoms with Gasteiger partial charge in [-0.3, -0.25) is 0 Å². The van der Waals surface area contributed by atoms with Gasteiger partial charge >= 0.3 is 11.4 Å². The zero-order valence-electron chi connectivity index (χ0n) is 12.7. The van der Waals surface area contributed by atoms with Gasteiger partial charge in [-0.1, -0.05) is 12.1 Å². The molecular formula is C17H12N2O5. The minimum Gasteiger partial charge on any atom is -0.459 e. The lowest BCUT2D eigenvalue weighted by atomic mass is 10.1. The van der Waals surface area contributed by atoms with Gasteiger partial charge < -0.3 is 13.3 Å². The van der Waals surface area contributed by atoms with Crippen LogP contribution in [0.3, 0.4) is 0 Å². The second-order valence-corrected chi connectivity index (χ2v) is 5.40. The molecule has 1 aromatic carbocycles. The number of rotatable bonds is 3. The largest absolute Gasteiger partial charge is 0.459 e. The molecule has 0 spiro atoms. The molecule has 0 fully saturated rings. The molecule has 0 N–H and O–H groups in total. The van der Waals surface area contributed by atoms with Gasteiger partial charge in [0.05, 0.1) is 12.8 Å². The Morgan fingerprint density at radius 1 is 1.12 bits per heavy atom. The molecule has 4 aromatic rings. The van der Waals surface area contributed by atoms with Crippen molar-refractivity contribution in [2.75, 3.05) is 0 Å². The van der Waals surface area contributed by atoms with E-state index in [2.05, 4.69) is 5.10 Å². The number of furan rings is 1. The second-order valence-electron chi connectivity index (χ2n) is 5.40. The van der Waals surface area contributed by atoms with Crippen LogP contribution in [0.15, 0.2) is 65.5 Å². The van der Waals surface area contributed by atoms with Gasteiger partial charge in [0, 0.05) is 11.5 Å². The van der Waals surface area contributed by atoms with E-state index in [4.69, 9.17) is 13.3 Å². The maximum atomic E-state index is 12.0. The van der Waals surface area contributed by atoms with Crippen LogP contribution < -0.4 is 11.4 Å². The Hall–Kier alpha value is -3.35. The Morgan fingerprint density at radius 3 is 2.79 bits per heavy atom. The fourth-order valence-corrected chi connectivity index (χ4v) is 2.54. The van der Waals surface area contributed by atoms with E-state index in [9.17, 15) is 9.59 Å². The van der Waals surface area contributed by atoms with E-state index >= 15 is 0 Å². The molecule has 0 bridgehead atoms. The Kier molecular flexibility index (Phi) is 3.19. The summed E-state index contributed by atoms with van der Waals surface area (Å²) in [5.41, 5.74) is 1.59. The normalized spacial score (nSPS) is 11.2. The van der Waals surface area contributed by atoms with Crippen LogP contribution in [0.25, 0.3) is 22.6 Å². The predicted molar refractivity (Wildman–Crippen MR) is 84.8 cm³/mol. The summed E-state index contributed by atoms with van der Waals surface area (Å²) >= 11 is 0. The Morgan fingerprint density at radius 2 is 2.00 bits per heavy atom. The summed E-state index contributed by atoms with van der Waals surface area (Å²) in [4.78, 5) is 23.8. The zero-order valence-corrected chi connectivity index (χ0v) is 12.7. The van der Waals surface area contributed by atoms with E-state index in [1.165, 1.54) is 12.3 Å².